The highest BCUT2D eigenvalue weighted by Crippen LogP contribution is 2.13. The van der Waals surface area contributed by atoms with Crippen molar-refractivity contribution < 1.29 is 24.4 Å². The summed E-state index contributed by atoms with van der Waals surface area (Å²) < 4.78 is 15.8. The molecular weight excluding hydrogens is 250 g/mol. The number of aliphatic hydroxyl groups is 2. The number of ether oxygens (including phenoxy) is 3. The van der Waals surface area contributed by atoms with Crippen molar-refractivity contribution in [1.82, 2.24) is 5.32 Å². The molecule has 0 bridgehead atoms. The molecule has 19 heavy (non-hydrogen) atoms. The predicted molar refractivity (Wildman–Crippen MR) is 72.2 cm³/mol. The first-order valence-electron chi connectivity index (χ1n) is 6.38. The Morgan fingerprint density at radius 2 is 2.00 bits per heavy atom. The first-order valence-corrected chi connectivity index (χ1v) is 6.38. The minimum absolute atomic E-state index is 0.104. The van der Waals surface area contributed by atoms with Gasteiger partial charge in [0.25, 0.3) is 0 Å². The third kappa shape index (κ3) is 9.86. The summed E-state index contributed by atoms with van der Waals surface area (Å²) in [7, 11) is 0. The Bertz CT molecular complexity index is 255. The Hall–Kier alpha value is -0.660. The minimum atomic E-state index is -1.53. The Kier molecular flexibility index (Phi) is 8.95. The Balaban J connectivity index is 3.86. The molecule has 1 atom stereocenters. The molecule has 0 saturated heterocycles. The molecule has 0 amide bonds. The van der Waals surface area contributed by atoms with Crippen LogP contribution in [0.1, 0.15) is 34.1 Å². The smallest absolute Gasteiger partial charge is 0.169 e. The molecule has 0 rings (SSSR count). The van der Waals surface area contributed by atoms with E-state index in [4.69, 9.17) is 14.2 Å². The number of hydrogen-bond acceptors (Lipinski definition) is 6. The zero-order chi connectivity index (χ0) is 14.9. The maximum Gasteiger partial charge on any atom is 0.169 e. The molecule has 0 aliphatic heterocycles. The fourth-order valence-corrected chi connectivity index (χ4v) is 1.00. The van der Waals surface area contributed by atoms with Gasteiger partial charge in [-0.25, -0.2) is 0 Å². The quantitative estimate of drug-likeness (QED) is 0.296. The molecule has 0 aromatic carbocycles. The van der Waals surface area contributed by atoms with Crippen LogP contribution in [0.5, 0.6) is 0 Å². The van der Waals surface area contributed by atoms with Crippen LogP contribution in [-0.4, -0.2) is 48.3 Å². The molecule has 6 nitrogen and oxygen atoms in total. The third-order valence-electron chi connectivity index (χ3n) is 2.71. The van der Waals surface area contributed by atoms with E-state index < -0.39 is 12.3 Å². The van der Waals surface area contributed by atoms with E-state index in [1.165, 1.54) is 0 Å². The number of aliphatic hydroxyl groups excluding tert-OH is 1. The second-order valence-electron chi connectivity index (χ2n) is 4.96. The molecular formula is C13H27NO5. The van der Waals surface area contributed by atoms with Crippen LogP contribution in [0.4, 0.5) is 0 Å². The van der Waals surface area contributed by atoms with Crippen LogP contribution in [0, 0.1) is 0 Å². The first-order chi connectivity index (χ1) is 8.78. The van der Waals surface area contributed by atoms with Crippen molar-refractivity contribution in [2.24, 2.45) is 0 Å². The van der Waals surface area contributed by atoms with Crippen LogP contribution in [-0.2, 0) is 14.2 Å². The van der Waals surface area contributed by atoms with Crippen molar-refractivity contribution in [3.8, 4) is 0 Å². The molecule has 114 valence electrons. The standard InChI is InChI=1S/C13H27NO5/c1-6-13(4,5)19-9-17-7-11(12(15)16)14-8-18-10(2)3/h11-12,14-16H,2,6-9H2,1,3-5H3. The van der Waals surface area contributed by atoms with E-state index >= 15 is 0 Å². The zero-order valence-corrected chi connectivity index (χ0v) is 12.3. The highest BCUT2D eigenvalue weighted by atomic mass is 16.7. The SMILES string of the molecule is C=C(C)OCNC(COCOC(C)(C)CC)C(O)O. The molecule has 0 saturated carbocycles. The van der Waals surface area contributed by atoms with Crippen LogP contribution in [0.15, 0.2) is 12.3 Å². The van der Waals surface area contributed by atoms with Gasteiger partial charge in [-0.15, -0.1) is 0 Å². The van der Waals surface area contributed by atoms with Gasteiger partial charge in [-0.1, -0.05) is 13.5 Å². The van der Waals surface area contributed by atoms with Gasteiger partial charge in [-0.3, -0.25) is 5.32 Å². The van der Waals surface area contributed by atoms with Crippen molar-refractivity contribution in [2.75, 3.05) is 20.1 Å². The van der Waals surface area contributed by atoms with Gasteiger partial charge >= 0.3 is 0 Å². The highest BCUT2D eigenvalue weighted by Gasteiger charge is 2.18. The number of hydrogen-bond donors (Lipinski definition) is 3. The molecule has 0 fully saturated rings. The van der Waals surface area contributed by atoms with Gasteiger partial charge in [0.2, 0.25) is 0 Å². The van der Waals surface area contributed by atoms with E-state index in [1.54, 1.807) is 6.92 Å². The zero-order valence-electron chi connectivity index (χ0n) is 12.3. The van der Waals surface area contributed by atoms with Crippen molar-refractivity contribution in [3.05, 3.63) is 12.3 Å². The van der Waals surface area contributed by atoms with E-state index in [9.17, 15) is 10.2 Å². The van der Waals surface area contributed by atoms with Gasteiger partial charge in [0.15, 0.2) is 6.29 Å². The number of allylic oxidation sites excluding steroid dienone is 1. The average Bonchev–Trinajstić information content (AvgIpc) is 2.31. The van der Waals surface area contributed by atoms with Crippen molar-refractivity contribution >= 4 is 0 Å². The monoisotopic (exact) mass is 277 g/mol. The normalized spacial score (nSPS) is 13.6. The number of rotatable bonds is 11. The minimum Gasteiger partial charge on any atom is -0.484 e. The molecule has 6 heteroatoms. The topological polar surface area (TPSA) is 80.2 Å². The second kappa shape index (κ2) is 9.28. The molecule has 1 unspecified atom stereocenters. The Morgan fingerprint density at radius 1 is 1.37 bits per heavy atom. The van der Waals surface area contributed by atoms with Gasteiger partial charge in [0.1, 0.15) is 13.5 Å². The van der Waals surface area contributed by atoms with Crippen LogP contribution in [0.25, 0.3) is 0 Å². The van der Waals surface area contributed by atoms with E-state index in [2.05, 4.69) is 11.9 Å². The van der Waals surface area contributed by atoms with Gasteiger partial charge in [-0.2, -0.15) is 0 Å². The lowest BCUT2D eigenvalue weighted by molar-refractivity contribution is -0.150. The summed E-state index contributed by atoms with van der Waals surface area (Å²) in [6, 6.07) is -0.646. The van der Waals surface area contributed by atoms with Crippen molar-refractivity contribution in [2.45, 2.75) is 52.0 Å². The lowest BCUT2D eigenvalue weighted by Crippen LogP contribution is -2.44. The van der Waals surface area contributed by atoms with Gasteiger partial charge in [0.05, 0.1) is 24.0 Å². The lowest BCUT2D eigenvalue weighted by atomic mass is 10.1. The molecule has 0 aromatic rings. The average molecular weight is 277 g/mol. The Labute approximate surface area is 115 Å². The van der Waals surface area contributed by atoms with E-state index in [-0.39, 0.29) is 25.7 Å². The van der Waals surface area contributed by atoms with Crippen LogP contribution >= 0.6 is 0 Å². The molecule has 0 aliphatic carbocycles. The predicted octanol–water partition coefficient (Wildman–Crippen LogP) is 0.942. The summed E-state index contributed by atoms with van der Waals surface area (Å²) >= 11 is 0. The fraction of sp³-hybridized carbons (Fsp3) is 0.846. The summed E-state index contributed by atoms with van der Waals surface area (Å²) in [5.41, 5.74) is -0.246. The second-order valence-corrected chi connectivity index (χ2v) is 4.96. The molecule has 0 heterocycles. The largest absolute Gasteiger partial charge is 0.484 e. The summed E-state index contributed by atoms with van der Waals surface area (Å²) in [6.07, 6.45) is -0.666. The van der Waals surface area contributed by atoms with Crippen LogP contribution < -0.4 is 5.32 Å². The van der Waals surface area contributed by atoms with E-state index in [0.717, 1.165) is 6.42 Å². The van der Waals surface area contributed by atoms with Crippen molar-refractivity contribution in [1.29, 1.82) is 0 Å². The molecule has 0 radical (unpaired) electrons. The van der Waals surface area contributed by atoms with Crippen LogP contribution in [0.2, 0.25) is 0 Å². The molecule has 0 spiro atoms. The summed E-state index contributed by atoms with van der Waals surface area (Å²) in [5.74, 6) is 0.549. The molecule has 0 aromatic heterocycles. The summed E-state index contributed by atoms with van der Waals surface area (Å²) in [6.45, 7) is 11.6. The maximum absolute atomic E-state index is 9.18. The molecule has 0 aliphatic rings. The van der Waals surface area contributed by atoms with E-state index in [0.29, 0.717) is 5.76 Å². The van der Waals surface area contributed by atoms with Crippen molar-refractivity contribution in [3.63, 3.8) is 0 Å². The highest BCUT2D eigenvalue weighted by molar-refractivity contribution is 4.74. The summed E-state index contributed by atoms with van der Waals surface area (Å²) in [4.78, 5) is 0. The maximum atomic E-state index is 9.18. The number of nitrogens with one attached hydrogen (secondary N) is 1. The van der Waals surface area contributed by atoms with E-state index in [1.807, 2.05) is 20.8 Å². The first kappa shape index (κ1) is 18.3. The van der Waals surface area contributed by atoms with Crippen LogP contribution in [0.3, 0.4) is 0 Å². The fourth-order valence-electron chi connectivity index (χ4n) is 1.00. The van der Waals surface area contributed by atoms with Gasteiger partial charge < -0.3 is 24.4 Å². The Morgan fingerprint density at radius 3 is 2.47 bits per heavy atom. The van der Waals surface area contributed by atoms with Gasteiger partial charge in [0, 0.05) is 0 Å². The van der Waals surface area contributed by atoms with Gasteiger partial charge in [-0.05, 0) is 27.2 Å². The molecule has 3 N–H and O–H groups in total. The third-order valence-corrected chi connectivity index (χ3v) is 2.71. The summed E-state index contributed by atoms with van der Waals surface area (Å²) in [5, 5.41) is 21.2. The lowest BCUT2D eigenvalue weighted by Gasteiger charge is -2.25.